The Morgan fingerprint density at radius 1 is 1.35 bits per heavy atom. The van der Waals surface area contributed by atoms with Gasteiger partial charge in [-0.2, -0.15) is 10.2 Å². The van der Waals surface area contributed by atoms with Gasteiger partial charge in [0.15, 0.2) is 0 Å². The van der Waals surface area contributed by atoms with Gasteiger partial charge < -0.3 is 10.2 Å². The number of aromatic nitrogens is 2. The molecule has 0 saturated carbocycles. The summed E-state index contributed by atoms with van der Waals surface area (Å²) in [6.07, 6.45) is 2.09. The zero-order valence-corrected chi connectivity index (χ0v) is 15.2. The Bertz CT molecular complexity index is 922. The molecule has 2 aliphatic rings. The van der Waals surface area contributed by atoms with Crippen molar-refractivity contribution in [3.63, 3.8) is 0 Å². The first-order valence-corrected chi connectivity index (χ1v) is 9.59. The number of anilines is 2. The molecule has 0 radical (unpaired) electrons. The molecule has 26 heavy (non-hydrogen) atoms. The van der Waals surface area contributed by atoms with Crippen LogP contribution < -0.4 is 15.8 Å². The summed E-state index contributed by atoms with van der Waals surface area (Å²) >= 11 is 1.43. The van der Waals surface area contributed by atoms with Crippen molar-refractivity contribution < 1.29 is 4.79 Å². The number of piperidine rings is 1. The predicted molar refractivity (Wildman–Crippen MR) is 99.4 cm³/mol. The minimum absolute atomic E-state index is 0.275. The molecular formula is C18H19N5O2S. The monoisotopic (exact) mass is 369 g/mol. The van der Waals surface area contributed by atoms with E-state index < -0.39 is 17.7 Å². The number of carbonyl (C=O) groups excluding carboxylic acids is 1. The summed E-state index contributed by atoms with van der Waals surface area (Å²) in [6.45, 7) is 3.87. The Balaban J connectivity index is 1.79. The lowest BCUT2D eigenvalue weighted by Gasteiger charge is -2.32. The Morgan fingerprint density at radius 2 is 2.12 bits per heavy atom. The molecule has 134 valence electrons. The van der Waals surface area contributed by atoms with Gasteiger partial charge in [-0.05, 0) is 30.2 Å². The summed E-state index contributed by atoms with van der Waals surface area (Å²) in [5.41, 5.74) is 0.0787. The van der Waals surface area contributed by atoms with Crippen LogP contribution in [0.15, 0.2) is 22.3 Å². The highest BCUT2D eigenvalue weighted by atomic mass is 32.1. The van der Waals surface area contributed by atoms with Crippen LogP contribution in [0.5, 0.6) is 0 Å². The van der Waals surface area contributed by atoms with Crippen LogP contribution in [0.1, 0.15) is 36.1 Å². The molecule has 1 saturated heterocycles. The largest absolute Gasteiger partial charge is 0.342 e. The number of fused-ring (bicyclic) bond motifs is 1. The molecule has 4 heterocycles. The number of amides is 1. The van der Waals surface area contributed by atoms with Gasteiger partial charge in [-0.3, -0.25) is 14.6 Å². The fourth-order valence-electron chi connectivity index (χ4n) is 3.64. The van der Waals surface area contributed by atoms with Gasteiger partial charge in [0.05, 0.1) is 17.6 Å². The third-order valence-electron chi connectivity index (χ3n) is 5.18. The smallest absolute Gasteiger partial charge is 0.258 e. The fourth-order valence-corrected chi connectivity index (χ4v) is 4.52. The first-order valence-electron chi connectivity index (χ1n) is 8.71. The summed E-state index contributed by atoms with van der Waals surface area (Å²) in [7, 11) is 0. The molecule has 0 spiro atoms. The van der Waals surface area contributed by atoms with Gasteiger partial charge >= 0.3 is 0 Å². The summed E-state index contributed by atoms with van der Waals surface area (Å²) in [6, 6.07) is 5.75. The van der Waals surface area contributed by atoms with Gasteiger partial charge in [-0.1, -0.05) is 13.0 Å². The van der Waals surface area contributed by atoms with E-state index in [0.29, 0.717) is 17.4 Å². The Kier molecular flexibility index (Phi) is 4.24. The van der Waals surface area contributed by atoms with Crippen molar-refractivity contribution in [1.82, 2.24) is 9.97 Å². The zero-order chi connectivity index (χ0) is 18.3. The highest BCUT2D eigenvalue weighted by Crippen LogP contribution is 2.40. The van der Waals surface area contributed by atoms with Gasteiger partial charge in [0.2, 0.25) is 11.9 Å². The summed E-state index contributed by atoms with van der Waals surface area (Å²) in [5, 5.41) is 14.0. The number of hydrogen-bond donors (Lipinski definition) is 2. The Labute approximate surface area is 154 Å². The maximum absolute atomic E-state index is 12.9. The van der Waals surface area contributed by atoms with Crippen LogP contribution in [0.4, 0.5) is 11.8 Å². The van der Waals surface area contributed by atoms with Crippen molar-refractivity contribution in [3.05, 3.63) is 38.3 Å². The van der Waals surface area contributed by atoms with E-state index in [1.165, 1.54) is 11.3 Å². The van der Waals surface area contributed by atoms with E-state index in [1.807, 2.05) is 28.5 Å². The molecular weight excluding hydrogens is 350 g/mol. The molecule has 7 nitrogen and oxygen atoms in total. The molecule has 8 heteroatoms. The van der Waals surface area contributed by atoms with E-state index in [2.05, 4.69) is 22.2 Å². The van der Waals surface area contributed by atoms with Crippen molar-refractivity contribution in [3.8, 4) is 6.07 Å². The number of aromatic amines is 1. The van der Waals surface area contributed by atoms with Gasteiger partial charge in [0.1, 0.15) is 11.7 Å². The van der Waals surface area contributed by atoms with Crippen LogP contribution in [0, 0.1) is 23.2 Å². The molecule has 2 aromatic rings. The number of nitrogens with zero attached hydrogens (tertiary/aromatic N) is 3. The first kappa shape index (κ1) is 16.8. The molecule has 4 rings (SSSR count). The average Bonchev–Trinajstić information content (AvgIpc) is 3.15. The molecule has 0 aromatic carbocycles. The van der Waals surface area contributed by atoms with Crippen LogP contribution in [-0.4, -0.2) is 29.0 Å². The van der Waals surface area contributed by atoms with Crippen LogP contribution in [0.2, 0.25) is 0 Å². The van der Waals surface area contributed by atoms with Crippen molar-refractivity contribution >= 4 is 29.0 Å². The minimum atomic E-state index is -0.939. The minimum Gasteiger partial charge on any atom is -0.342 e. The molecule has 1 fully saturated rings. The van der Waals surface area contributed by atoms with E-state index in [0.717, 1.165) is 30.8 Å². The van der Waals surface area contributed by atoms with E-state index in [4.69, 9.17) is 0 Å². The number of thiophene rings is 1. The van der Waals surface area contributed by atoms with E-state index in [9.17, 15) is 14.9 Å². The second kappa shape index (κ2) is 6.57. The van der Waals surface area contributed by atoms with Crippen LogP contribution in [0.3, 0.4) is 0 Å². The number of rotatable bonds is 2. The average molecular weight is 369 g/mol. The quantitative estimate of drug-likeness (QED) is 0.846. The van der Waals surface area contributed by atoms with E-state index in [-0.39, 0.29) is 11.4 Å². The third-order valence-corrected chi connectivity index (χ3v) is 6.14. The standard InChI is InChI=1S/C18H19N5O2S/c1-10-4-6-23(7-5-10)18-21-15-14(17(25)22-18)13(12-3-2-8-26-12)11(9-19)16(24)20-15/h2-3,8,10-11,13H,4-7H2,1H3,(H2,20,21,22,24,25)/t11-,13-/m1/s1. The number of nitrogens with one attached hydrogen (secondary N) is 2. The lowest BCUT2D eigenvalue weighted by atomic mass is 9.83. The molecule has 2 N–H and O–H groups in total. The Hall–Kier alpha value is -2.66. The molecule has 1 amide bonds. The summed E-state index contributed by atoms with van der Waals surface area (Å²) in [5.74, 6) is -0.510. The summed E-state index contributed by atoms with van der Waals surface area (Å²) < 4.78 is 0. The van der Waals surface area contributed by atoms with Crippen LogP contribution in [-0.2, 0) is 4.79 Å². The second-order valence-electron chi connectivity index (χ2n) is 6.91. The lowest BCUT2D eigenvalue weighted by Crippen LogP contribution is -2.40. The van der Waals surface area contributed by atoms with Gasteiger partial charge in [-0.15, -0.1) is 11.3 Å². The molecule has 2 aromatic heterocycles. The van der Waals surface area contributed by atoms with Crippen molar-refractivity contribution in [2.45, 2.75) is 25.7 Å². The normalized spacial score (nSPS) is 23.2. The molecule has 0 bridgehead atoms. The third kappa shape index (κ3) is 2.78. The maximum atomic E-state index is 12.9. The highest BCUT2D eigenvalue weighted by molar-refractivity contribution is 7.10. The highest BCUT2D eigenvalue weighted by Gasteiger charge is 2.41. The number of H-pyrrole nitrogens is 1. The van der Waals surface area contributed by atoms with Crippen molar-refractivity contribution in [2.24, 2.45) is 11.8 Å². The Morgan fingerprint density at radius 3 is 2.77 bits per heavy atom. The topological polar surface area (TPSA) is 102 Å². The van der Waals surface area contributed by atoms with Gasteiger partial charge in [0, 0.05) is 18.0 Å². The molecule has 0 aliphatic carbocycles. The number of nitriles is 1. The molecule has 2 aliphatic heterocycles. The summed E-state index contributed by atoms with van der Waals surface area (Å²) in [4.78, 5) is 35.6. The molecule has 2 atom stereocenters. The SMILES string of the molecule is CC1CCN(c2nc3c(c(=O)[nH]2)[C@@H](c2cccs2)[C@@H](C#N)C(=O)N3)CC1. The van der Waals surface area contributed by atoms with Crippen LogP contribution >= 0.6 is 11.3 Å². The molecule has 0 unspecified atom stereocenters. The lowest BCUT2D eigenvalue weighted by molar-refractivity contribution is -0.119. The number of hydrogen-bond acceptors (Lipinski definition) is 6. The van der Waals surface area contributed by atoms with Crippen molar-refractivity contribution in [1.29, 1.82) is 5.26 Å². The van der Waals surface area contributed by atoms with Crippen LogP contribution in [0.25, 0.3) is 0 Å². The fraction of sp³-hybridized carbons (Fsp3) is 0.444. The first-order chi connectivity index (χ1) is 12.6. The van der Waals surface area contributed by atoms with E-state index >= 15 is 0 Å². The van der Waals surface area contributed by atoms with Gasteiger partial charge in [0.25, 0.3) is 5.56 Å². The zero-order valence-electron chi connectivity index (χ0n) is 14.4. The maximum Gasteiger partial charge on any atom is 0.258 e. The van der Waals surface area contributed by atoms with Gasteiger partial charge in [-0.25, -0.2) is 0 Å². The second-order valence-corrected chi connectivity index (χ2v) is 7.89. The van der Waals surface area contributed by atoms with E-state index in [1.54, 1.807) is 0 Å². The predicted octanol–water partition coefficient (Wildman–Crippen LogP) is 2.29. The van der Waals surface area contributed by atoms with Crippen molar-refractivity contribution in [2.75, 3.05) is 23.3 Å². The number of carbonyl (C=O) groups is 1.